The molecule has 0 aliphatic rings. The van der Waals surface area contributed by atoms with Gasteiger partial charge in [0.2, 0.25) is 5.24 Å². The van der Waals surface area contributed by atoms with E-state index in [1.54, 1.807) is 0 Å². The Bertz CT molecular complexity index is 219. The number of halogens is 1. The molecule has 0 aromatic heterocycles. The van der Waals surface area contributed by atoms with Gasteiger partial charge in [0.25, 0.3) is 0 Å². The van der Waals surface area contributed by atoms with E-state index < -0.39 is 21.0 Å². The minimum Gasteiger partial charge on any atom is -0.281 e. The van der Waals surface area contributed by atoms with Crippen molar-refractivity contribution in [2.75, 3.05) is 12.0 Å². The molecule has 1 atom stereocenters. The van der Waals surface area contributed by atoms with Crippen molar-refractivity contribution >= 4 is 26.7 Å². The molecule has 0 aliphatic heterocycles. The van der Waals surface area contributed by atoms with Gasteiger partial charge in [-0.1, -0.05) is 6.92 Å². The molecule has 0 rings (SSSR count). The number of rotatable bonds is 3. The second-order valence-corrected chi connectivity index (χ2v) is 4.85. The Balaban J connectivity index is 4.06. The molecule has 3 nitrogen and oxygen atoms in total. The van der Waals surface area contributed by atoms with Crippen LogP contribution in [-0.4, -0.2) is 25.7 Å². The van der Waals surface area contributed by atoms with E-state index in [0.29, 0.717) is 0 Å². The van der Waals surface area contributed by atoms with Crippen molar-refractivity contribution in [3.8, 4) is 0 Å². The van der Waals surface area contributed by atoms with Crippen molar-refractivity contribution in [1.82, 2.24) is 0 Å². The number of hydrogen-bond acceptors (Lipinski definition) is 3. The summed E-state index contributed by atoms with van der Waals surface area (Å²) < 4.78 is 21.1. The summed E-state index contributed by atoms with van der Waals surface area (Å²) in [7, 11) is -3.07. The summed E-state index contributed by atoms with van der Waals surface area (Å²) in [6, 6.07) is 0. The van der Waals surface area contributed by atoms with E-state index in [1.807, 2.05) is 0 Å². The zero-order valence-electron chi connectivity index (χ0n) is 5.80. The SMILES string of the molecule is CC(CS(C)(=O)=O)C(=O)Cl. The van der Waals surface area contributed by atoms with Gasteiger partial charge in [0, 0.05) is 12.2 Å². The van der Waals surface area contributed by atoms with Gasteiger partial charge in [-0.15, -0.1) is 0 Å². The number of sulfone groups is 1. The van der Waals surface area contributed by atoms with Crippen LogP contribution >= 0.6 is 11.6 Å². The molecule has 0 aliphatic carbocycles. The van der Waals surface area contributed by atoms with Crippen molar-refractivity contribution in [1.29, 1.82) is 0 Å². The molecule has 10 heavy (non-hydrogen) atoms. The van der Waals surface area contributed by atoms with Crippen LogP contribution in [0.25, 0.3) is 0 Å². The van der Waals surface area contributed by atoms with Gasteiger partial charge < -0.3 is 0 Å². The van der Waals surface area contributed by atoms with Gasteiger partial charge >= 0.3 is 0 Å². The molecule has 5 heteroatoms. The average molecular weight is 185 g/mol. The summed E-state index contributed by atoms with van der Waals surface area (Å²) in [5.74, 6) is -0.772. The van der Waals surface area contributed by atoms with E-state index in [4.69, 9.17) is 11.6 Å². The Morgan fingerprint density at radius 1 is 1.60 bits per heavy atom. The molecule has 1 unspecified atom stereocenters. The standard InChI is InChI=1S/C5H9ClO3S/c1-4(5(6)7)3-10(2,8)9/h4H,3H2,1-2H3. The van der Waals surface area contributed by atoms with Gasteiger partial charge in [-0.25, -0.2) is 8.42 Å². The van der Waals surface area contributed by atoms with E-state index in [1.165, 1.54) is 6.92 Å². The molecular formula is C5H9ClO3S. The quantitative estimate of drug-likeness (QED) is 0.598. The number of carbonyl (C=O) groups excluding carboxylic acids is 1. The molecule has 0 saturated carbocycles. The van der Waals surface area contributed by atoms with E-state index in [2.05, 4.69) is 0 Å². The Morgan fingerprint density at radius 2 is 2.00 bits per heavy atom. The van der Waals surface area contributed by atoms with Gasteiger partial charge in [0.05, 0.1) is 5.75 Å². The van der Waals surface area contributed by atoms with Crippen molar-refractivity contribution in [3.63, 3.8) is 0 Å². The fraction of sp³-hybridized carbons (Fsp3) is 0.800. The highest BCUT2D eigenvalue weighted by Crippen LogP contribution is 2.03. The Labute approximate surface area is 65.3 Å². The maximum Gasteiger partial charge on any atom is 0.225 e. The zero-order valence-corrected chi connectivity index (χ0v) is 7.37. The lowest BCUT2D eigenvalue weighted by molar-refractivity contribution is -0.114. The summed E-state index contributed by atoms with van der Waals surface area (Å²) >= 11 is 5.03. The molecule has 0 spiro atoms. The van der Waals surface area contributed by atoms with Crippen LogP contribution in [0.1, 0.15) is 6.92 Å². The fourth-order valence-electron chi connectivity index (χ4n) is 0.520. The van der Waals surface area contributed by atoms with E-state index >= 15 is 0 Å². The Hall–Kier alpha value is -0.0900. The summed E-state index contributed by atoms with van der Waals surface area (Å²) in [4.78, 5) is 10.3. The molecule has 0 aromatic carbocycles. The molecule has 0 radical (unpaired) electrons. The third-order valence-corrected chi connectivity index (χ3v) is 2.42. The highest BCUT2D eigenvalue weighted by Gasteiger charge is 2.15. The first-order valence-corrected chi connectivity index (χ1v) is 5.14. The van der Waals surface area contributed by atoms with Gasteiger partial charge in [0.1, 0.15) is 9.84 Å². The highest BCUT2D eigenvalue weighted by molar-refractivity contribution is 7.90. The van der Waals surface area contributed by atoms with Gasteiger partial charge in [-0.3, -0.25) is 4.79 Å². The Kier molecular flexibility index (Phi) is 3.31. The molecule has 0 saturated heterocycles. The minimum absolute atomic E-state index is 0.171. The molecule has 60 valence electrons. The normalized spacial score (nSPS) is 14.7. The minimum atomic E-state index is -3.07. The smallest absolute Gasteiger partial charge is 0.225 e. The second-order valence-electron chi connectivity index (χ2n) is 2.30. The maximum absolute atomic E-state index is 10.5. The summed E-state index contributed by atoms with van der Waals surface area (Å²) in [5, 5.41) is -0.606. The molecule has 0 bridgehead atoms. The van der Waals surface area contributed by atoms with Crippen LogP contribution in [0.15, 0.2) is 0 Å². The molecular weight excluding hydrogens is 176 g/mol. The largest absolute Gasteiger partial charge is 0.281 e. The van der Waals surface area contributed by atoms with Gasteiger partial charge in [-0.2, -0.15) is 0 Å². The Morgan fingerprint density at radius 3 is 2.10 bits per heavy atom. The predicted molar refractivity (Wildman–Crippen MR) is 39.7 cm³/mol. The first-order valence-electron chi connectivity index (χ1n) is 2.70. The third-order valence-electron chi connectivity index (χ3n) is 0.940. The second kappa shape index (κ2) is 3.34. The zero-order chi connectivity index (χ0) is 8.36. The van der Waals surface area contributed by atoms with Crippen molar-refractivity contribution in [3.05, 3.63) is 0 Å². The monoisotopic (exact) mass is 184 g/mol. The van der Waals surface area contributed by atoms with E-state index in [9.17, 15) is 13.2 Å². The number of carbonyl (C=O) groups is 1. The van der Waals surface area contributed by atoms with Crippen LogP contribution < -0.4 is 0 Å². The van der Waals surface area contributed by atoms with Crippen LogP contribution in [0, 0.1) is 5.92 Å². The average Bonchev–Trinajstić information content (AvgIpc) is 1.60. The first-order chi connectivity index (χ1) is 4.33. The van der Waals surface area contributed by atoms with Crippen LogP contribution in [-0.2, 0) is 14.6 Å². The first kappa shape index (κ1) is 9.91. The van der Waals surface area contributed by atoms with Crippen LogP contribution in [0.2, 0.25) is 0 Å². The topological polar surface area (TPSA) is 51.2 Å². The highest BCUT2D eigenvalue weighted by atomic mass is 35.5. The van der Waals surface area contributed by atoms with E-state index in [-0.39, 0.29) is 5.75 Å². The lowest BCUT2D eigenvalue weighted by Crippen LogP contribution is -2.16. The van der Waals surface area contributed by atoms with Crippen LogP contribution in [0.3, 0.4) is 0 Å². The lowest BCUT2D eigenvalue weighted by atomic mass is 10.2. The lowest BCUT2D eigenvalue weighted by Gasteiger charge is -2.01. The molecule has 0 N–H and O–H groups in total. The van der Waals surface area contributed by atoms with E-state index in [0.717, 1.165) is 6.26 Å². The van der Waals surface area contributed by atoms with Crippen LogP contribution in [0.4, 0.5) is 0 Å². The molecule has 0 heterocycles. The fourth-order valence-corrected chi connectivity index (χ4v) is 1.75. The van der Waals surface area contributed by atoms with Crippen molar-refractivity contribution in [2.45, 2.75) is 6.92 Å². The van der Waals surface area contributed by atoms with Crippen molar-refractivity contribution < 1.29 is 13.2 Å². The molecule has 0 amide bonds. The summed E-state index contributed by atoms with van der Waals surface area (Å²) in [6.07, 6.45) is 1.07. The number of hydrogen-bond donors (Lipinski definition) is 0. The van der Waals surface area contributed by atoms with Crippen molar-refractivity contribution in [2.24, 2.45) is 5.92 Å². The van der Waals surface area contributed by atoms with Gasteiger partial charge in [-0.05, 0) is 11.6 Å². The maximum atomic E-state index is 10.5. The van der Waals surface area contributed by atoms with Crippen LogP contribution in [0.5, 0.6) is 0 Å². The summed E-state index contributed by atoms with van der Waals surface area (Å²) in [5.41, 5.74) is 0. The molecule has 0 fully saturated rings. The summed E-state index contributed by atoms with van der Waals surface area (Å²) in [6.45, 7) is 1.48. The molecule has 0 aromatic rings. The third kappa shape index (κ3) is 4.76. The van der Waals surface area contributed by atoms with Gasteiger partial charge in [0.15, 0.2) is 0 Å². The predicted octanol–water partition coefficient (Wildman–Crippen LogP) is 0.433.